The molecule has 13 heavy (non-hydrogen) atoms. The van der Waals surface area contributed by atoms with Crippen LogP contribution in [0.25, 0.3) is 0 Å². The van der Waals surface area contributed by atoms with Gasteiger partial charge in [0.2, 0.25) is 0 Å². The van der Waals surface area contributed by atoms with Crippen molar-refractivity contribution in [2.75, 3.05) is 26.7 Å². The van der Waals surface area contributed by atoms with Crippen LogP contribution in [0.5, 0.6) is 0 Å². The summed E-state index contributed by atoms with van der Waals surface area (Å²) < 4.78 is 5.47. The van der Waals surface area contributed by atoms with E-state index in [1.54, 1.807) is 7.11 Å². The lowest BCUT2D eigenvalue weighted by Crippen LogP contribution is -2.49. The van der Waals surface area contributed by atoms with Gasteiger partial charge in [0.15, 0.2) is 0 Å². The Morgan fingerprint density at radius 3 is 2.85 bits per heavy atom. The average molecular weight is 187 g/mol. The van der Waals surface area contributed by atoms with E-state index in [0.717, 1.165) is 32.5 Å². The van der Waals surface area contributed by atoms with E-state index in [0.29, 0.717) is 0 Å². The van der Waals surface area contributed by atoms with Crippen LogP contribution in [0, 0.1) is 0 Å². The van der Waals surface area contributed by atoms with Crippen LogP contribution in [0.15, 0.2) is 0 Å². The molecule has 0 bridgehead atoms. The maximum absolute atomic E-state index is 9.27. The minimum Gasteiger partial charge on any atom is -0.392 e. The van der Waals surface area contributed by atoms with Gasteiger partial charge in [0.05, 0.1) is 11.7 Å². The molecule has 1 unspecified atom stereocenters. The largest absolute Gasteiger partial charge is 0.392 e. The van der Waals surface area contributed by atoms with Gasteiger partial charge in [0, 0.05) is 20.2 Å². The number of aliphatic hydroxyl groups is 1. The minimum absolute atomic E-state index is 0.00681. The van der Waals surface area contributed by atoms with Crippen molar-refractivity contribution in [2.24, 2.45) is 0 Å². The van der Waals surface area contributed by atoms with Gasteiger partial charge < -0.3 is 9.84 Å². The van der Waals surface area contributed by atoms with Crippen molar-refractivity contribution in [3.63, 3.8) is 0 Å². The first-order chi connectivity index (χ1) is 6.06. The van der Waals surface area contributed by atoms with Crippen molar-refractivity contribution in [3.05, 3.63) is 0 Å². The third-order valence-corrected chi connectivity index (χ3v) is 2.75. The highest BCUT2D eigenvalue weighted by atomic mass is 16.5. The van der Waals surface area contributed by atoms with E-state index >= 15 is 0 Å². The maximum Gasteiger partial charge on any atom is 0.0777 e. The van der Waals surface area contributed by atoms with Crippen LogP contribution in [0.1, 0.15) is 26.7 Å². The van der Waals surface area contributed by atoms with Crippen molar-refractivity contribution in [1.29, 1.82) is 0 Å². The molecule has 0 aliphatic carbocycles. The number of hydrogen-bond donors (Lipinski definition) is 1. The van der Waals surface area contributed by atoms with Gasteiger partial charge in [-0.3, -0.25) is 4.90 Å². The summed E-state index contributed by atoms with van der Waals surface area (Å²) in [6.45, 7) is 6.76. The van der Waals surface area contributed by atoms with Gasteiger partial charge >= 0.3 is 0 Å². The Morgan fingerprint density at radius 1 is 1.62 bits per heavy atom. The fraction of sp³-hybridized carbons (Fsp3) is 1.00. The van der Waals surface area contributed by atoms with Gasteiger partial charge in [0.1, 0.15) is 0 Å². The van der Waals surface area contributed by atoms with Crippen LogP contribution < -0.4 is 0 Å². The number of hydrogen-bond acceptors (Lipinski definition) is 3. The molecule has 0 aromatic carbocycles. The lowest BCUT2D eigenvalue weighted by molar-refractivity contribution is -0.0573. The van der Waals surface area contributed by atoms with Gasteiger partial charge in [-0.15, -0.1) is 0 Å². The van der Waals surface area contributed by atoms with E-state index in [1.807, 2.05) is 6.92 Å². The Hall–Kier alpha value is -0.120. The highest BCUT2D eigenvalue weighted by molar-refractivity contribution is 4.84. The number of nitrogens with zero attached hydrogens (tertiary/aromatic N) is 1. The third-order valence-electron chi connectivity index (χ3n) is 2.75. The molecule has 3 nitrogen and oxygen atoms in total. The summed E-state index contributed by atoms with van der Waals surface area (Å²) >= 11 is 0. The average Bonchev–Trinajstić information content (AvgIpc) is 2.03. The summed E-state index contributed by atoms with van der Waals surface area (Å²) in [4.78, 5) is 2.28. The Bertz CT molecular complexity index is 161. The summed E-state index contributed by atoms with van der Waals surface area (Å²) in [5.41, 5.74) is -0.00681. The predicted molar refractivity (Wildman–Crippen MR) is 52.8 cm³/mol. The lowest BCUT2D eigenvalue weighted by atomic mass is 9.94. The fourth-order valence-corrected chi connectivity index (χ4v) is 2.00. The molecule has 0 saturated carbocycles. The molecule has 1 N–H and O–H groups in total. The molecule has 0 aromatic heterocycles. The molecule has 2 atom stereocenters. The number of aliphatic hydroxyl groups excluding tert-OH is 1. The normalized spacial score (nSPS) is 33.2. The quantitative estimate of drug-likeness (QED) is 0.711. The summed E-state index contributed by atoms with van der Waals surface area (Å²) in [7, 11) is 1.77. The monoisotopic (exact) mass is 187 g/mol. The van der Waals surface area contributed by atoms with Crippen LogP contribution in [0.4, 0.5) is 0 Å². The Morgan fingerprint density at radius 2 is 2.31 bits per heavy atom. The second-order valence-electron chi connectivity index (χ2n) is 4.34. The topological polar surface area (TPSA) is 32.7 Å². The standard InChI is InChI=1S/C10H21NO2/c1-9(12)7-11-6-4-5-10(2,8-11)13-3/h9,12H,4-8H2,1-3H3/t9-,10?/m1/s1. The second kappa shape index (κ2) is 4.40. The Balaban J connectivity index is 2.42. The van der Waals surface area contributed by atoms with Gasteiger partial charge in [-0.05, 0) is 33.2 Å². The molecular weight excluding hydrogens is 166 g/mol. The summed E-state index contributed by atoms with van der Waals surface area (Å²) in [6.07, 6.45) is 2.05. The zero-order valence-corrected chi connectivity index (χ0v) is 8.92. The Kier molecular flexibility index (Phi) is 3.71. The first-order valence-corrected chi connectivity index (χ1v) is 5.01. The number of likely N-dealkylation sites (tertiary alicyclic amines) is 1. The van der Waals surface area contributed by atoms with E-state index in [4.69, 9.17) is 4.74 Å². The van der Waals surface area contributed by atoms with Crippen molar-refractivity contribution in [2.45, 2.75) is 38.4 Å². The molecule has 3 heteroatoms. The summed E-state index contributed by atoms with van der Waals surface area (Å²) in [5.74, 6) is 0. The molecule has 1 aliphatic rings. The van der Waals surface area contributed by atoms with Crippen LogP contribution in [0.2, 0.25) is 0 Å². The number of ether oxygens (including phenoxy) is 1. The molecule has 1 fully saturated rings. The number of methoxy groups -OCH3 is 1. The van der Waals surface area contributed by atoms with Gasteiger partial charge in [-0.1, -0.05) is 0 Å². The molecule has 0 spiro atoms. The molecule has 1 heterocycles. The molecule has 1 aliphatic heterocycles. The van der Waals surface area contributed by atoms with Crippen molar-refractivity contribution in [1.82, 2.24) is 4.90 Å². The van der Waals surface area contributed by atoms with Crippen LogP contribution in [-0.4, -0.2) is 48.5 Å². The zero-order valence-electron chi connectivity index (χ0n) is 8.92. The van der Waals surface area contributed by atoms with Gasteiger partial charge in [0.25, 0.3) is 0 Å². The van der Waals surface area contributed by atoms with E-state index < -0.39 is 0 Å². The van der Waals surface area contributed by atoms with E-state index in [-0.39, 0.29) is 11.7 Å². The fourth-order valence-electron chi connectivity index (χ4n) is 2.00. The molecule has 0 radical (unpaired) electrons. The van der Waals surface area contributed by atoms with E-state index in [1.165, 1.54) is 0 Å². The summed E-state index contributed by atoms with van der Waals surface area (Å²) in [6, 6.07) is 0. The van der Waals surface area contributed by atoms with Crippen LogP contribution in [-0.2, 0) is 4.74 Å². The van der Waals surface area contributed by atoms with Crippen molar-refractivity contribution < 1.29 is 9.84 Å². The lowest BCUT2D eigenvalue weighted by Gasteiger charge is -2.39. The molecule has 0 amide bonds. The van der Waals surface area contributed by atoms with Gasteiger partial charge in [-0.25, -0.2) is 0 Å². The predicted octanol–water partition coefficient (Wildman–Crippen LogP) is 0.868. The van der Waals surface area contributed by atoms with E-state index in [2.05, 4.69) is 11.8 Å². The first kappa shape index (κ1) is 11.0. The van der Waals surface area contributed by atoms with E-state index in [9.17, 15) is 5.11 Å². The zero-order chi connectivity index (χ0) is 9.90. The molecule has 0 aromatic rings. The minimum atomic E-state index is -0.237. The van der Waals surface area contributed by atoms with Crippen LogP contribution in [0.3, 0.4) is 0 Å². The van der Waals surface area contributed by atoms with Crippen molar-refractivity contribution >= 4 is 0 Å². The SMILES string of the molecule is COC1(C)CCCN(C[C@@H](C)O)C1. The maximum atomic E-state index is 9.27. The third kappa shape index (κ3) is 3.25. The summed E-state index contributed by atoms with van der Waals surface area (Å²) in [5, 5.41) is 9.27. The van der Waals surface area contributed by atoms with Crippen molar-refractivity contribution in [3.8, 4) is 0 Å². The molecular formula is C10H21NO2. The number of piperidine rings is 1. The molecule has 78 valence electrons. The van der Waals surface area contributed by atoms with Crippen LogP contribution >= 0.6 is 0 Å². The highest BCUT2D eigenvalue weighted by Gasteiger charge is 2.30. The number of rotatable bonds is 3. The van der Waals surface area contributed by atoms with Gasteiger partial charge in [-0.2, -0.15) is 0 Å². The second-order valence-corrected chi connectivity index (χ2v) is 4.34. The number of β-amino-alcohol motifs (C(OH)–C–C–N with tert-alkyl or cyclic N) is 1. The molecule has 1 saturated heterocycles. The highest BCUT2D eigenvalue weighted by Crippen LogP contribution is 2.23. The molecule has 1 rings (SSSR count). The first-order valence-electron chi connectivity index (χ1n) is 5.01. The Labute approximate surface area is 80.7 Å². The smallest absolute Gasteiger partial charge is 0.0777 e.